The van der Waals surface area contributed by atoms with Crippen LogP contribution in [0.4, 0.5) is 0 Å². The summed E-state index contributed by atoms with van der Waals surface area (Å²) in [5.74, 6) is -0.0700. The van der Waals surface area contributed by atoms with Gasteiger partial charge in [-0.1, -0.05) is 13.3 Å². The number of ether oxygens (including phenoxy) is 1. The smallest absolute Gasteiger partial charge is 0.329 e. The molecule has 1 atom stereocenters. The van der Waals surface area contributed by atoms with Crippen molar-refractivity contribution in [1.82, 2.24) is 4.90 Å². The lowest BCUT2D eigenvalue weighted by molar-refractivity contribution is -0.159. The number of nitrogens with zero attached hydrogens (tertiary/aromatic N) is 1. The Morgan fingerprint density at radius 2 is 1.84 bits per heavy atom. The standard InChI is InChI=1S/C15H25NO3/c1-2-7-14(17)16-11-6-10-13(16)15(18)19-12-8-4-3-5-9-12/h12-13H,2-11H2,1H3. The van der Waals surface area contributed by atoms with Gasteiger partial charge in [0.05, 0.1) is 0 Å². The topological polar surface area (TPSA) is 46.6 Å². The molecular formula is C15H25NO3. The second kappa shape index (κ2) is 6.92. The van der Waals surface area contributed by atoms with E-state index in [4.69, 9.17) is 4.74 Å². The maximum atomic E-state index is 12.2. The molecule has 0 N–H and O–H groups in total. The minimum absolute atomic E-state index is 0.0879. The molecule has 0 aromatic rings. The highest BCUT2D eigenvalue weighted by Gasteiger charge is 2.35. The van der Waals surface area contributed by atoms with Gasteiger partial charge in [0.1, 0.15) is 12.1 Å². The van der Waals surface area contributed by atoms with E-state index in [1.165, 1.54) is 6.42 Å². The summed E-state index contributed by atoms with van der Waals surface area (Å²) in [5.41, 5.74) is 0. The van der Waals surface area contributed by atoms with Crippen molar-refractivity contribution in [3.8, 4) is 0 Å². The molecule has 1 aliphatic heterocycles. The zero-order chi connectivity index (χ0) is 13.7. The largest absolute Gasteiger partial charge is 0.461 e. The van der Waals surface area contributed by atoms with Crippen molar-refractivity contribution in [2.45, 2.75) is 76.9 Å². The molecule has 2 rings (SSSR count). The van der Waals surface area contributed by atoms with E-state index in [0.717, 1.165) is 44.9 Å². The molecule has 0 aromatic heterocycles. The second-order valence-electron chi connectivity index (χ2n) is 5.69. The van der Waals surface area contributed by atoms with E-state index in [9.17, 15) is 9.59 Å². The summed E-state index contributed by atoms with van der Waals surface area (Å²) in [6, 6.07) is -0.319. The third-order valence-corrected chi connectivity index (χ3v) is 4.14. The SMILES string of the molecule is CCCC(=O)N1CCCC1C(=O)OC1CCCCC1. The normalized spacial score (nSPS) is 24.5. The van der Waals surface area contributed by atoms with Crippen LogP contribution in [0.1, 0.15) is 64.7 Å². The Morgan fingerprint density at radius 3 is 2.53 bits per heavy atom. The van der Waals surface area contributed by atoms with E-state index < -0.39 is 0 Å². The average molecular weight is 267 g/mol. The highest BCUT2D eigenvalue weighted by molar-refractivity contribution is 5.85. The Morgan fingerprint density at radius 1 is 1.11 bits per heavy atom. The van der Waals surface area contributed by atoms with E-state index in [1.54, 1.807) is 4.90 Å². The Balaban J connectivity index is 1.87. The van der Waals surface area contributed by atoms with Crippen molar-refractivity contribution in [2.75, 3.05) is 6.54 Å². The molecule has 0 radical (unpaired) electrons. The summed E-state index contributed by atoms with van der Waals surface area (Å²) in [7, 11) is 0. The lowest BCUT2D eigenvalue weighted by Gasteiger charge is -2.27. The van der Waals surface area contributed by atoms with Crippen molar-refractivity contribution in [3.63, 3.8) is 0 Å². The molecule has 1 aliphatic carbocycles. The Labute approximate surface area is 115 Å². The summed E-state index contributed by atoms with van der Waals surface area (Å²) in [5, 5.41) is 0. The van der Waals surface area contributed by atoms with Crippen LogP contribution in [0.25, 0.3) is 0 Å². The molecule has 4 nitrogen and oxygen atoms in total. The Kier molecular flexibility index (Phi) is 5.23. The summed E-state index contributed by atoms with van der Waals surface area (Å²) in [6.07, 6.45) is 8.67. The molecule has 1 saturated carbocycles. The first kappa shape index (κ1) is 14.4. The molecule has 2 fully saturated rings. The van der Waals surface area contributed by atoms with E-state index in [2.05, 4.69) is 0 Å². The Bertz CT molecular complexity index is 323. The van der Waals surface area contributed by atoms with Crippen LogP contribution in [-0.4, -0.2) is 35.5 Å². The van der Waals surface area contributed by atoms with E-state index >= 15 is 0 Å². The summed E-state index contributed by atoms with van der Waals surface area (Å²) in [6.45, 7) is 2.70. The van der Waals surface area contributed by atoms with E-state index in [-0.39, 0.29) is 24.0 Å². The van der Waals surface area contributed by atoms with Gasteiger partial charge in [-0.2, -0.15) is 0 Å². The fraction of sp³-hybridized carbons (Fsp3) is 0.867. The number of hydrogen-bond donors (Lipinski definition) is 0. The minimum atomic E-state index is -0.319. The van der Waals surface area contributed by atoms with Gasteiger partial charge in [0.25, 0.3) is 0 Å². The molecule has 0 spiro atoms. The van der Waals surface area contributed by atoms with Crippen molar-refractivity contribution < 1.29 is 14.3 Å². The summed E-state index contributed by atoms with van der Waals surface area (Å²) < 4.78 is 5.60. The zero-order valence-corrected chi connectivity index (χ0v) is 11.9. The lowest BCUT2D eigenvalue weighted by atomic mass is 9.98. The van der Waals surface area contributed by atoms with Crippen LogP contribution in [0, 0.1) is 0 Å². The van der Waals surface area contributed by atoms with E-state index in [1.807, 2.05) is 6.92 Å². The molecule has 1 heterocycles. The third-order valence-electron chi connectivity index (χ3n) is 4.14. The van der Waals surface area contributed by atoms with Crippen molar-refractivity contribution in [2.24, 2.45) is 0 Å². The molecule has 1 saturated heterocycles. The Hall–Kier alpha value is -1.06. The first-order valence-electron chi connectivity index (χ1n) is 7.72. The van der Waals surface area contributed by atoms with Crippen molar-refractivity contribution in [1.29, 1.82) is 0 Å². The van der Waals surface area contributed by atoms with Gasteiger partial charge in [0.15, 0.2) is 0 Å². The van der Waals surface area contributed by atoms with Crippen LogP contribution >= 0.6 is 0 Å². The molecule has 4 heteroatoms. The van der Waals surface area contributed by atoms with Crippen LogP contribution in [0.2, 0.25) is 0 Å². The first-order valence-corrected chi connectivity index (χ1v) is 7.72. The molecule has 0 bridgehead atoms. The number of rotatable bonds is 4. The second-order valence-corrected chi connectivity index (χ2v) is 5.69. The lowest BCUT2D eigenvalue weighted by Crippen LogP contribution is -2.42. The van der Waals surface area contributed by atoms with Gasteiger partial charge in [-0.25, -0.2) is 4.79 Å². The fourth-order valence-electron chi connectivity index (χ4n) is 3.09. The molecule has 1 amide bonds. The van der Waals surface area contributed by atoms with Gasteiger partial charge in [0.2, 0.25) is 5.91 Å². The van der Waals surface area contributed by atoms with Crippen LogP contribution in [-0.2, 0) is 14.3 Å². The van der Waals surface area contributed by atoms with Crippen molar-refractivity contribution >= 4 is 11.9 Å². The maximum absolute atomic E-state index is 12.2. The van der Waals surface area contributed by atoms with Gasteiger partial charge < -0.3 is 9.64 Å². The number of likely N-dealkylation sites (tertiary alicyclic amines) is 1. The van der Waals surface area contributed by atoms with Gasteiger partial charge in [-0.15, -0.1) is 0 Å². The predicted octanol–water partition coefficient (Wildman–Crippen LogP) is 2.65. The highest BCUT2D eigenvalue weighted by atomic mass is 16.5. The van der Waals surface area contributed by atoms with Crippen LogP contribution in [0.3, 0.4) is 0 Å². The molecule has 19 heavy (non-hydrogen) atoms. The van der Waals surface area contributed by atoms with Crippen LogP contribution in [0.15, 0.2) is 0 Å². The first-order chi connectivity index (χ1) is 9.22. The fourth-order valence-corrected chi connectivity index (χ4v) is 3.09. The van der Waals surface area contributed by atoms with Gasteiger partial charge in [0, 0.05) is 13.0 Å². The van der Waals surface area contributed by atoms with Crippen LogP contribution in [0.5, 0.6) is 0 Å². The predicted molar refractivity (Wildman–Crippen MR) is 72.6 cm³/mol. The van der Waals surface area contributed by atoms with Gasteiger partial charge >= 0.3 is 5.97 Å². The number of hydrogen-bond acceptors (Lipinski definition) is 3. The number of carbonyl (C=O) groups excluding carboxylic acids is 2. The summed E-state index contributed by atoms with van der Waals surface area (Å²) >= 11 is 0. The summed E-state index contributed by atoms with van der Waals surface area (Å²) in [4.78, 5) is 25.9. The number of esters is 1. The third kappa shape index (κ3) is 3.71. The molecule has 2 aliphatic rings. The highest BCUT2D eigenvalue weighted by Crippen LogP contribution is 2.24. The number of amides is 1. The monoisotopic (exact) mass is 267 g/mol. The molecule has 0 aromatic carbocycles. The van der Waals surface area contributed by atoms with Crippen LogP contribution < -0.4 is 0 Å². The molecule has 1 unspecified atom stereocenters. The molecular weight excluding hydrogens is 242 g/mol. The van der Waals surface area contributed by atoms with E-state index in [0.29, 0.717) is 13.0 Å². The molecule has 108 valence electrons. The number of carbonyl (C=O) groups is 2. The van der Waals surface area contributed by atoms with Gasteiger partial charge in [-0.3, -0.25) is 4.79 Å². The zero-order valence-electron chi connectivity index (χ0n) is 11.9. The average Bonchev–Trinajstić information content (AvgIpc) is 2.89. The maximum Gasteiger partial charge on any atom is 0.329 e. The minimum Gasteiger partial charge on any atom is -0.461 e. The quantitative estimate of drug-likeness (QED) is 0.736. The van der Waals surface area contributed by atoms with Crippen molar-refractivity contribution in [3.05, 3.63) is 0 Å². The van der Waals surface area contributed by atoms with Gasteiger partial charge in [-0.05, 0) is 44.9 Å².